The van der Waals surface area contributed by atoms with Crippen LogP contribution in [-0.2, 0) is 0 Å². The van der Waals surface area contributed by atoms with Gasteiger partial charge in [-0.1, -0.05) is 11.2 Å². The van der Waals surface area contributed by atoms with Gasteiger partial charge in [0.1, 0.15) is 11.9 Å². The van der Waals surface area contributed by atoms with Crippen LogP contribution in [0.3, 0.4) is 0 Å². The predicted octanol–water partition coefficient (Wildman–Crippen LogP) is 2.95. The summed E-state index contributed by atoms with van der Waals surface area (Å²) >= 11 is 0. The minimum Gasteiger partial charge on any atom is -0.205 e. The lowest BCUT2D eigenvalue weighted by atomic mass is 10.1. The zero-order chi connectivity index (χ0) is 9.84. The summed E-state index contributed by atoms with van der Waals surface area (Å²) in [5.41, 5.74) is 8.48. The fourth-order valence-corrected chi connectivity index (χ4v) is 0.918. The number of nitrogens with zero attached hydrogens (tertiary/aromatic N) is 4. The lowest BCUT2D eigenvalue weighted by molar-refractivity contribution is 0.615. The molecule has 1 aromatic carbocycles. The molecule has 0 saturated heterocycles. The van der Waals surface area contributed by atoms with Gasteiger partial charge in [-0.05, 0) is 24.1 Å². The molecule has 0 aliphatic heterocycles. The molecule has 1 aromatic rings. The van der Waals surface area contributed by atoms with Crippen LogP contribution in [0.1, 0.15) is 11.1 Å². The Morgan fingerprint density at radius 2 is 2.31 bits per heavy atom. The van der Waals surface area contributed by atoms with Gasteiger partial charge in [0.2, 0.25) is 0 Å². The Bertz CT molecular complexity index is 427. The van der Waals surface area contributed by atoms with Crippen molar-refractivity contribution in [3.8, 4) is 6.07 Å². The first-order valence-electron chi connectivity index (χ1n) is 3.45. The molecule has 1 rings (SSSR count). The fourth-order valence-electron chi connectivity index (χ4n) is 0.918. The topological polar surface area (TPSA) is 72.6 Å². The van der Waals surface area contributed by atoms with Crippen molar-refractivity contribution in [2.24, 2.45) is 5.11 Å². The van der Waals surface area contributed by atoms with Gasteiger partial charge in [0, 0.05) is 10.6 Å². The van der Waals surface area contributed by atoms with E-state index in [2.05, 4.69) is 10.0 Å². The molecule has 0 aromatic heterocycles. The largest absolute Gasteiger partial charge is 0.205 e. The predicted molar refractivity (Wildman–Crippen MR) is 44.7 cm³/mol. The van der Waals surface area contributed by atoms with Crippen molar-refractivity contribution < 1.29 is 4.39 Å². The van der Waals surface area contributed by atoms with Crippen LogP contribution in [0.15, 0.2) is 17.2 Å². The van der Waals surface area contributed by atoms with Gasteiger partial charge in [-0.3, -0.25) is 0 Å². The van der Waals surface area contributed by atoms with Crippen LogP contribution in [0.25, 0.3) is 10.4 Å². The third-order valence-corrected chi connectivity index (χ3v) is 1.63. The number of halogens is 1. The van der Waals surface area contributed by atoms with Gasteiger partial charge >= 0.3 is 0 Å². The van der Waals surface area contributed by atoms with Gasteiger partial charge in [-0.15, -0.1) is 0 Å². The van der Waals surface area contributed by atoms with Crippen molar-refractivity contribution in [2.75, 3.05) is 0 Å². The molecule has 0 heterocycles. The number of hydrogen-bond acceptors (Lipinski definition) is 2. The van der Waals surface area contributed by atoms with Crippen LogP contribution in [0.5, 0.6) is 0 Å². The maximum absolute atomic E-state index is 13.2. The van der Waals surface area contributed by atoms with Crippen LogP contribution < -0.4 is 0 Å². The summed E-state index contributed by atoms with van der Waals surface area (Å²) in [6.07, 6.45) is 0. The highest BCUT2D eigenvalue weighted by atomic mass is 19.1. The molecular weight excluding hydrogens is 171 g/mol. The van der Waals surface area contributed by atoms with Gasteiger partial charge in [-0.2, -0.15) is 5.26 Å². The van der Waals surface area contributed by atoms with E-state index in [1.165, 1.54) is 19.1 Å². The molecular formula is C8H5FN4. The van der Waals surface area contributed by atoms with Gasteiger partial charge in [0.15, 0.2) is 0 Å². The third-order valence-electron chi connectivity index (χ3n) is 1.63. The lowest BCUT2D eigenvalue weighted by Crippen LogP contribution is -1.87. The Morgan fingerprint density at radius 3 is 2.85 bits per heavy atom. The van der Waals surface area contributed by atoms with E-state index in [1.807, 2.05) is 0 Å². The maximum Gasteiger partial charge on any atom is 0.144 e. The number of nitriles is 1. The highest BCUT2D eigenvalue weighted by Gasteiger charge is 2.07. The monoisotopic (exact) mass is 176 g/mol. The van der Waals surface area contributed by atoms with Crippen molar-refractivity contribution in [1.29, 1.82) is 5.26 Å². The average molecular weight is 176 g/mol. The van der Waals surface area contributed by atoms with Crippen molar-refractivity contribution in [3.05, 3.63) is 39.5 Å². The Balaban J connectivity index is 3.41. The molecule has 13 heavy (non-hydrogen) atoms. The zero-order valence-corrected chi connectivity index (χ0v) is 6.82. The van der Waals surface area contributed by atoms with E-state index >= 15 is 0 Å². The van der Waals surface area contributed by atoms with E-state index in [9.17, 15) is 4.39 Å². The van der Waals surface area contributed by atoms with Gasteiger partial charge < -0.3 is 0 Å². The smallest absolute Gasteiger partial charge is 0.144 e. The molecule has 0 atom stereocenters. The summed E-state index contributed by atoms with van der Waals surface area (Å²) in [4.78, 5) is 2.54. The maximum atomic E-state index is 13.2. The Labute approximate surface area is 73.9 Å². The van der Waals surface area contributed by atoms with Crippen molar-refractivity contribution in [3.63, 3.8) is 0 Å². The molecule has 0 aliphatic carbocycles. The van der Waals surface area contributed by atoms with Crippen LogP contribution in [0.4, 0.5) is 10.1 Å². The second-order valence-electron chi connectivity index (χ2n) is 2.37. The van der Waals surface area contributed by atoms with Crippen molar-refractivity contribution in [1.82, 2.24) is 0 Å². The molecule has 0 fully saturated rings. The average Bonchev–Trinajstić information content (AvgIpc) is 2.14. The molecule has 0 amide bonds. The first kappa shape index (κ1) is 9.04. The summed E-state index contributed by atoms with van der Waals surface area (Å²) in [6.45, 7) is 1.46. The number of hydrogen-bond donors (Lipinski definition) is 0. The summed E-state index contributed by atoms with van der Waals surface area (Å²) in [7, 11) is 0. The quantitative estimate of drug-likeness (QED) is 0.368. The second kappa shape index (κ2) is 3.57. The Morgan fingerprint density at radius 1 is 1.62 bits per heavy atom. The Kier molecular flexibility index (Phi) is 2.48. The first-order chi connectivity index (χ1) is 6.20. The Hall–Kier alpha value is -2.05. The minimum atomic E-state index is -0.632. The van der Waals surface area contributed by atoms with Gasteiger partial charge in [-0.25, -0.2) is 4.39 Å². The molecule has 0 spiro atoms. The van der Waals surface area contributed by atoms with E-state index in [-0.39, 0.29) is 16.8 Å². The fraction of sp³-hybridized carbons (Fsp3) is 0.125. The van der Waals surface area contributed by atoms with Crippen molar-refractivity contribution in [2.45, 2.75) is 6.92 Å². The standard InChI is InChI=1S/C8H5FN4/c1-5-7(12-13-11)3-2-6(4-10)8(5)9/h2-3H,1H3. The van der Waals surface area contributed by atoms with Gasteiger partial charge in [0.05, 0.1) is 5.56 Å². The second-order valence-corrected chi connectivity index (χ2v) is 2.37. The normalized spacial score (nSPS) is 8.69. The van der Waals surface area contributed by atoms with Crippen LogP contribution >= 0.6 is 0 Å². The van der Waals surface area contributed by atoms with E-state index in [4.69, 9.17) is 10.8 Å². The van der Waals surface area contributed by atoms with E-state index in [0.717, 1.165) is 0 Å². The van der Waals surface area contributed by atoms with Crippen LogP contribution in [-0.4, -0.2) is 0 Å². The van der Waals surface area contributed by atoms with E-state index in [1.54, 1.807) is 6.07 Å². The number of benzene rings is 1. The van der Waals surface area contributed by atoms with Gasteiger partial charge in [0.25, 0.3) is 0 Å². The highest BCUT2D eigenvalue weighted by molar-refractivity contribution is 5.50. The molecule has 0 bridgehead atoms. The molecule has 0 unspecified atom stereocenters. The molecule has 4 nitrogen and oxygen atoms in total. The minimum absolute atomic E-state index is 0.0469. The van der Waals surface area contributed by atoms with Crippen LogP contribution in [0, 0.1) is 24.1 Å². The number of azide groups is 1. The SMILES string of the molecule is Cc1c(N=[N+]=[N-])ccc(C#N)c1F. The molecule has 64 valence electrons. The zero-order valence-electron chi connectivity index (χ0n) is 6.82. The molecule has 0 aliphatic rings. The van der Waals surface area contributed by atoms with E-state index < -0.39 is 5.82 Å². The van der Waals surface area contributed by atoms with Crippen molar-refractivity contribution >= 4 is 5.69 Å². The summed E-state index contributed by atoms with van der Waals surface area (Å²) < 4.78 is 13.2. The molecule has 0 radical (unpaired) electrons. The molecule has 5 heteroatoms. The molecule has 0 N–H and O–H groups in total. The first-order valence-corrected chi connectivity index (χ1v) is 3.45. The third kappa shape index (κ3) is 1.58. The van der Waals surface area contributed by atoms with Crippen LogP contribution in [0.2, 0.25) is 0 Å². The lowest BCUT2D eigenvalue weighted by Gasteiger charge is -2.00. The highest BCUT2D eigenvalue weighted by Crippen LogP contribution is 2.23. The van der Waals surface area contributed by atoms with E-state index in [0.29, 0.717) is 0 Å². The number of rotatable bonds is 1. The summed E-state index contributed by atoms with van der Waals surface area (Å²) in [5, 5.41) is 11.7. The molecule has 0 saturated carbocycles. The summed E-state index contributed by atoms with van der Waals surface area (Å²) in [5.74, 6) is -0.632. The summed E-state index contributed by atoms with van der Waals surface area (Å²) in [6, 6.07) is 4.39.